The number of nitrogens with zero attached hydrogens (tertiary/aromatic N) is 1. The van der Waals surface area contributed by atoms with Gasteiger partial charge in [-0.3, -0.25) is 14.9 Å². The quantitative estimate of drug-likeness (QED) is 0.299. The molecule has 0 radical (unpaired) electrons. The van der Waals surface area contributed by atoms with Gasteiger partial charge in [-0.1, -0.05) is 35.3 Å². The van der Waals surface area contributed by atoms with Crippen LogP contribution in [0.25, 0.3) is 6.08 Å². The molecule has 0 spiro atoms. The number of hydrogen-bond acceptors (Lipinski definition) is 4. The fraction of sp³-hybridized carbons (Fsp3) is 0.0417. The first-order valence-corrected chi connectivity index (χ1v) is 11.3. The molecule has 3 aromatic rings. The summed E-state index contributed by atoms with van der Waals surface area (Å²) in [6.45, 7) is 0.151. The lowest BCUT2D eigenvalue weighted by Gasteiger charge is -2.26. The van der Waals surface area contributed by atoms with E-state index in [0.29, 0.717) is 20.8 Å². The fourth-order valence-electron chi connectivity index (χ4n) is 3.19. The maximum atomic E-state index is 13.1. The zero-order valence-corrected chi connectivity index (χ0v) is 20.2. The Hall–Kier alpha value is -3.20. The van der Waals surface area contributed by atoms with Crippen molar-refractivity contribution < 1.29 is 23.5 Å². The van der Waals surface area contributed by atoms with Crippen molar-refractivity contribution in [2.45, 2.75) is 6.61 Å². The Morgan fingerprint density at radius 2 is 1.68 bits per heavy atom. The Bertz CT molecular complexity index is 1300. The molecule has 6 nitrogen and oxygen atoms in total. The van der Waals surface area contributed by atoms with Gasteiger partial charge in [0.05, 0.1) is 15.2 Å². The van der Waals surface area contributed by atoms with Crippen molar-refractivity contribution in [3.63, 3.8) is 0 Å². The molecule has 172 valence electrons. The minimum Gasteiger partial charge on any atom is -0.486 e. The summed E-state index contributed by atoms with van der Waals surface area (Å²) in [5.41, 5.74) is 1.17. The van der Waals surface area contributed by atoms with E-state index in [9.17, 15) is 18.8 Å². The number of anilines is 1. The normalized spacial score (nSPS) is 15.0. The van der Waals surface area contributed by atoms with Gasteiger partial charge < -0.3 is 4.74 Å². The Labute approximate surface area is 212 Å². The first kappa shape index (κ1) is 23.9. The van der Waals surface area contributed by atoms with E-state index >= 15 is 0 Å². The highest BCUT2D eigenvalue weighted by molar-refractivity contribution is 9.10. The summed E-state index contributed by atoms with van der Waals surface area (Å²) in [6.07, 6.45) is 1.33. The monoisotopic (exact) mass is 562 g/mol. The predicted octanol–water partition coefficient (Wildman–Crippen LogP) is 6.14. The number of halogens is 4. The number of nitrogens with one attached hydrogen (secondary N) is 1. The average molecular weight is 564 g/mol. The second-order valence-electron chi connectivity index (χ2n) is 7.16. The highest BCUT2D eigenvalue weighted by Crippen LogP contribution is 2.36. The maximum Gasteiger partial charge on any atom is 0.335 e. The third kappa shape index (κ3) is 5.14. The first-order valence-electron chi connectivity index (χ1n) is 9.76. The molecular formula is C24H14BrCl2FN2O4. The summed E-state index contributed by atoms with van der Waals surface area (Å²) in [4.78, 5) is 38.6. The van der Waals surface area contributed by atoms with E-state index in [0.717, 1.165) is 10.5 Å². The smallest absolute Gasteiger partial charge is 0.335 e. The van der Waals surface area contributed by atoms with Crippen LogP contribution in [-0.2, 0) is 16.2 Å². The number of ether oxygens (including phenoxy) is 1. The molecule has 3 aromatic carbocycles. The van der Waals surface area contributed by atoms with Crippen LogP contribution in [0.1, 0.15) is 11.1 Å². The SMILES string of the molecule is O=C1NC(=O)N(c2ccc(Cl)cc2)C(=O)/C1=C/c1cc(Cl)c(OCc2ccc(F)cc2)c(Br)c1. The highest BCUT2D eigenvalue weighted by Gasteiger charge is 2.36. The second-order valence-corrected chi connectivity index (χ2v) is 8.86. The molecule has 0 aliphatic carbocycles. The molecule has 0 atom stereocenters. The van der Waals surface area contributed by atoms with Crippen LogP contribution in [0.4, 0.5) is 14.9 Å². The van der Waals surface area contributed by atoms with Gasteiger partial charge in [-0.15, -0.1) is 0 Å². The third-order valence-electron chi connectivity index (χ3n) is 4.81. The van der Waals surface area contributed by atoms with E-state index < -0.39 is 17.8 Å². The Balaban J connectivity index is 1.60. The van der Waals surface area contributed by atoms with Crippen molar-refractivity contribution in [2.75, 3.05) is 4.90 Å². The van der Waals surface area contributed by atoms with Gasteiger partial charge >= 0.3 is 6.03 Å². The van der Waals surface area contributed by atoms with E-state index in [-0.39, 0.29) is 28.7 Å². The number of hydrogen-bond donors (Lipinski definition) is 1. The minimum absolute atomic E-state index is 0.151. The molecule has 1 aliphatic heterocycles. The number of imide groups is 2. The van der Waals surface area contributed by atoms with Crippen LogP contribution in [0.5, 0.6) is 5.75 Å². The molecule has 0 bridgehead atoms. The molecule has 4 rings (SSSR count). The molecule has 1 aliphatic rings. The maximum absolute atomic E-state index is 13.1. The van der Waals surface area contributed by atoms with Crippen LogP contribution in [0.15, 0.2) is 70.7 Å². The lowest BCUT2D eigenvalue weighted by molar-refractivity contribution is -0.122. The van der Waals surface area contributed by atoms with Crippen LogP contribution < -0.4 is 15.0 Å². The highest BCUT2D eigenvalue weighted by atomic mass is 79.9. The Morgan fingerprint density at radius 1 is 1.00 bits per heavy atom. The van der Waals surface area contributed by atoms with Crippen LogP contribution in [0.3, 0.4) is 0 Å². The van der Waals surface area contributed by atoms with Crippen LogP contribution >= 0.6 is 39.1 Å². The van der Waals surface area contributed by atoms with Gasteiger partial charge in [-0.25, -0.2) is 14.1 Å². The molecule has 1 saturated heterocycles. The number of benzene rings is 3. The van der Waals surface area contributed by atoms with E-state index in [4.69, 9.17) is 27.9 Å². The van der Waals surface area contributed by atoms with E-state index in [1.165, 1.54) is 48.5 Å². The average Bonchev–Trinajstić information content (AvgIpc) is 2.78. The van der Waals surface area contributed by atoms with Gasteiger partial charge in [0.2, 0.25) is 0 Å². The van der Waals surface area contributed by atoms with Gasteiger partial charge in [-0.05, 0) is 81.7 Å². The lowest BCUT2D eigenvalue weighted by atomic mass is 10.1. The molecule has 0 aromatic heterocycles. The van der Waals surface area contributed by atoms with Gasteiger partial charge in [-0.2, -0.15) is 0 Å². The van der Waals surface area contributed by atoms with Gasteiger partial charge in [0.1, 0.15) is 18.0 Å². The van der Waals surface area contributed by atoms with Crippen molar-refractivity contribution in [3.05, 3.63) is 97.7 Å². The number of barbiturate groups is 1. The molecule has 0 saturated carbocycles. The Kier molecular flexibility index (Phi) is 7.02. The van der Waals surface area contributed by atoms with Gasteiger partial charge in [0.25, 0.3) is 11.8 Å². The fourth-order valence-corrected chi connectivity index (χ4v) is 4.30. The number of carbonyl (C=O) groups is 3. The molecule has 34 heavy (non-hydrogen) atoms. The summed E-state index contributed by atoms with van der Waals surface area (Å²) in [5, 5.41) is 2.81. The van der Waals surface area contributed by atoms with E-state index in [1.54, 1.807) is 18.2 Å². The van der Waals surface area contributed by atoms with Crippen LogP contribution in [0.2, 0.25) is 10.0 Å². The van der Waals surface area contributed by atoms with Crippen molar-refractivity contribution in [2.24, 2.45) is 0 Å². The summed E-state index contributed by atoms with van der Waals surface area (Å²) < 4.78 is 19.3. The first-order chi connectivity index (χ1) is 16.2. The molecule has 1 fully saturated rings. The summed E-state index contributed by atoms with van der Waals surface area (Å²) in [5.74, 6) is -1.63. The zero-order valence-electron chi connectivity index (χ0n) is 17.2. The van der Waals surface area contributed by atoms with Crippen LogP contribution in [0, 0.1) is 5.82 Å². The van der Waals surface area contributed by atoms with Crippen LogP contribution in [-0.4, -0.2) is 17.8 Å². The zero-order chi connectivity index (χ0) is 24.4. The lowest BCUT2D eigenvalue weighted by Crippen LogP contribution is -2.54. The molecule has 4 amide bonds. The summed E-state index contributed by atoms with van der Waals surface area (Å²) >= 11 is 15.6. The topological polar surface area (TPSA) is 75.7 Å². The molecule has 0 unspecified atom stereocenters. The number of amides is 4. The van der Waals surface area contributed by atoms with Gasteiger partial charge in [0.15, 0.2) is 5.75 Å². The standard InChI is InChI=1S/C24H14BrCl2FN2O4/c25-19-10-14(11-20(27)21(19)34-12-13-1-5-16(28)6-2-13)9-18-22(31)29-24(33)30(23(18)32)17-7-3-15(26)4-8-17/h1-11H,12H2,(H,29,31,33)/b18-9+. The molecule has 1 N–H and O–H groups in total. The summed E-state index contributed by atoms with van der Waals surface area (Å²) in [7, 11) is 0. The van der Waals surface area contributed by atoms with Gasteiger partial charge in [0, 0.05) is 5.02 Å². The van der Waals surface area contributed by atoms with E-state index in [2.05, 4.69) is 21.2 Å². The number of carbonyl (C=O) groups excluding carboxylic acids is 3. The predicted molar refractivity (Wildman–Crippen MR) is 130 cm³/mol. The number of rotatable bonds is 5. The molecular weight excluding hydrogens is 550 g/mol. The van der Waals surface area contributed by atoms with Crippen molar-refractivity contribution in [1.29, 1.82) is 0 Å². The van der Waals surface area contributed by atoms with Crippen molar-refractivity contribution in [3.8, 4) is 5.75 Å². The number of urea groups is 1. The third-order valence-corrected chi connectivity index (χ3v) is 5.94. The van der Waals surface area contributed by atoms with Crippen molar-refractivity contribution >= 4 is 68.7 Å². The molecule has 1 heterocycles. The summed E-state index contributed by atoms with van der Waals surface area (Å²) in [6, 6.07) is 14.2. The van der Waals surface area contributed by atoms with Crippen molar-refractivity contribution in [1.82, 2.24) is 5.32 Å². The minimum atomic E-state index is -0.863. The largest absolute Gasteiger partial charge is 0.486 e. The molecule has 10 heteroatoms. The Morgan fingerprint density at radius 3 is 2.32 bits per heavy atom. The van der Waals surface area contributed by atoms with E-state index in [1.807, 2.05) is 0 Å². The second kappa shape index (κ2) is 9.97.